The number of hydrogen-bond donors (Lipinski definition) is 1. The Kier molecular flexibility index (Phi) is 3.83. The van der Waals surface area contributed by atoms with E-state index in [1.807, 2.05) is 0 Å². The number of para-hydroxylation sites is 1. The molecule has 134 valence electrons. The van der Waals surface area contributed by atoms with Crippen molar-refractivity contribution < 1.29 is 9.64 Å². The number of quaternary nitrogens is 1. The molecule has 1 fully saturated rings. The van der Waals surface area contributed by atoms with Gasteiger partial charge >= 0.3 is 0 Å². The molecule has 1 N–H and O–H groups in total. The van der Waals surface area contributed by atoms with Gasteiger partial charge in [-0.25, -0.2) is 5.01 Å². The zero-order valence-corrected chi connectivity index (χ0v) is 16.5. The molecule has 5 rings (SSSR count). The van der Waals surface area contributed by atoms with Crippen LogP contribution in [-0.4, -0.2) is 36.6 Å². The molecule has 1 saturated heterocycles. The Morgan fingerprint density at radius 3 is 2.77 bits per heavy atom. The summed E-state index contributed by atoms with van der Waals surface area (Å²) in [7, 11) is 2.27. The van der Waals surface area contributed by atoms with E-state index in [1.54, 1.807) is 4.90 Å². The van der Waals surface area contributed by atoms with E-state index in [0.717, 1.165) is 48.3 Å². The molecule has 0 aliphatic carbocycles. The molecule has 4 nitrogen and oxygen atoms in total. The third kappa shape index (κ3) is 2.57. The molecule has 0 radical (unpaired) electrons. The maximum atomic E-state index is 6.63. The van der Waals surface area contributed by atoms with Crippen LogP contribution in [-0.2, 0) is 0 Å². The van der Waals surface area contributed by atoms with Gasteiger partial charge < -0.3 is 9.64 Å². The van der Waals surface area contributed by atoms with Crippen LogP contribution in [0.15, 0.2) is 58.1 Å². The molecule has 5 heteroatoms. The lowest BCUT2D eigenvalue weighted by molar-refractivity contribution is -0.888. The van der Waals surface area contributed by atoms with Gasteiger partial charge in [0.25, 0.3) is 0 Å². The van der Waals surface area contributed by atoms with Crippen molar-refractivity contribution in [1.82, 2.24) is 5.01 Å². The first-order valence-electron chi connectivity index (χ1n) is 9.37. The quantitative estimate of drug-likeness (QED) is 0.779. The Morgan fingerprint density at radius 2 is 1.96 bits per heavy atom. The Bertz CT molecular complexity index is 873. The molecule has 1 atom stereocenters. The van der Waals surface area contributed by atoms with Gasteiger partial charge in [-0.2, -0.15) is 5.10 Å². The van der Waals surface area contributed by atoms with Gasteiger partial charge in [0.05, 0.1) is 44.7 Å². The number of hydrazone groups is 1. The first kappa shape index (κ1) is 16.3. The molecule has 3 aliphatic heterocycles. The lowest BCUT2D eigenvalue weighted by Crippen LogP contribution is -3.11. The third-order valence-corrected chi connectivity index (χ3v) is 6.44. The predicted octanol–water partition coefficient (Wildman–Crippen LogP) is 3.00. The van der Waals surface area contributed by atoms with Crippen molar-refractivity contribution in [3.63, 3.8) is 0 Å². The zero-order valence-electron chi connectivity index (χ0n) is 14.9. The van der Waals surface area contributed by atoms with Crippen LogP contribution in [0, 0.1) is 0 Å². The van der Waals surface area contributed by atoms with Crippen LogP contribution in [0.3, 0.4) is 0 Å². The van der Waals surface area contributed by atoms with E-state index >= 15 is 0 Å². The van der Waals surface area contributed by atoms with Crippen LogP contribution in [0.1, 0.15) is 36.4 Å². The number of halogens is 1. The van der Waals surface area contributed by atoms with E-state index in [1.165, 1.54) is 11.1 Å². The minimum absolute atomic E-state index is 0.271. The summed E-state index contributed by atoms with van der Waals surface area (Å²) in [5.74, 6) is 1.04. The minimum atomic E-state index is -0.299. The monoisotopic (exact) mass is 412 g/mol. The number of nitrogens with zero attached hydrogens (tertiary/aromatic N) is 2. The molecule has 3 heterocycles. The topological polar surface area (TPSA) is 29.3 Å². The second kappa shape index (κ2) is 6.10. The van der Waals surface area contributed by atoms with Crippen LogP contribution in [0.2, 0.25) is 0 Å². The van der Waals surface area contributed by atoms with Gasteiger partial charge in [-0.3, -0.25) is 0 Å². The predicted molar refractivity (Wildman–Crippen MR) is 106 cm³/mol. The SMILES string of the molecule is C[NH+]1CCC2(CC1)Oc1ccccc1[C@H]1CC(c3cccc(Br)c3)=NN12. The summed E-state index contributed by atoms with van der Waals surface area (Å²) >= 11 is 3.59. The van der Waals surface area contributed by atoms with Crippen molar-refractivity contribution >= 4 is 21.6 Å². The van der Waals surface area contributed by atoms with Gasteiger partial charge in [0.1, 0.15) is 5.75 Å². The molecule has 2 aromatic rings. The highest BCUT2D eigenvalue weighted by Gasteiger charge is 2.52. The molecule has 3 aliphatic rings. The Labute approximate surface area is 162 Å². The summed E-state index contributed by atoms with van der Waals surface area (Å²) in [6.07, 6.45) is 2.96. The lowest BCUT2D eigenvalue weighted by Gasteiger charge is -2.49. The number of fused-ring (bicyclic) bond motifs is 4. The van der Waals surface area contributed by atoms with Crippen LogP contribution < -0.4 is 9.64 Å². The van der Waals surface area contributed by atoms with Crippen molar-refractivity contribution in [2.75, 3.05) is 20.1 Å². The van der Waals surface area contributed by atoms with Crippen LogP contribution >= 0.6 is 15.9 Å². The molecule has 0 saturated carbocycles. The molecule has 0 amide bonds. The highest BCUT2D eigenvalue weighted by atomic mass is 79.9. The lowest BCUT2D eigenvalue weighted by atomic mass is 9.91. The first-order valence-corrected chi connectivity index (χ1v) is 10.2. The number of nitrogens with one attached hydrogen (secondary N) is 1. The van der Waals surface area contributed by atoms with Crippen LogP contribution in [0.4, 0.5) is 0 Å². The van der Waals surface area contributed by atoms with Gasteiger partial charge in [-0.1, -0.05) is 46.3 Å². The Morgan fingerprint density at radius 1 is 1.15 bits per heavy atom. The molecule has 0 unspecified atom stereocenters. The van der Waals surface area contributed by atoms with Crippen molar-refractivity contribution in [1.29, 1.82) is 0 Å². The van der Waals surface area contributed by atoms with E-state index in [2.05, 4.69) is 76.5 Å². The van der Waals surface area contributed by atoms with E-state index < -0.39 is 0 Å². The standard InChI is InChI=1S/C21H22BrN3O/c1-24-11-9-21(10-12-24)25-19(17-7-2-3-8-20(17)26-21)14-18(23-25)15-5-4-6-16(22)13-15/h2-8,13,19H,9-12,14H2,1H3/p+1/t19-/m1/s1. The van der Waals surface area contributed by atoms with Gasteiger partial charge in [-0.05, 0) is 23.8 Å². The molecule has 26 heavy (non-hydrogen) atoms. The fourth-order valence-electron chi connectivity index (χ4n) is 4.47. The fraction of sp³-hybridized carbons (Fsp3) is 0.381. The van der Waals surface area contributed by atoms with Crippen molar-refractivity contribution in [2.45, 2.75) is 31.0 Å². The van der Waals surface area contributed by atoms with E-state index in [9.17, 15) is 0 Å². The highest BCUT2D eigenvalue weighted by Crippen LogP contribution is 2.49. The average Bonchev–Trinajstić information content (AvgIpc) is 3.11. The molecular formula is C21H23BrN3O+. The van der Waals surface area contributed by atoms with Crippen LogP contribution in [0.25, 0.3) is 0 Å². The average molecular weight is 413 g/mol. The molecule has 0 bridgehead atoms. The summed E-state index contributed by atoms with van der Waals surface area (Å²) < 4.78 is 7.72. The molecule has 1 spiro atoms. The number of rotatable bonds is 1. The number of likely N-dealkylation sites (tertiary alicyclic amines) is 1. The molecule has 0 aromatic heterocycles. The van der Waals surface area contributed by atoms with Gasteiger partial charge in [0.15, 0.2) is 0 Å². The summed E-state index contributed by atoms with van der Waals surface area (Å²) in [5, 5.41) is 7.41. The summed E-state index contributed by atoms with van der Waals surface area (Å²) in [6.45, 7) is 2.24. The van der Waals surface area contributed by atoms with Gasteiger partial charge in [-0.15, -0.1) is 0 Å². The summed E-state index contributed by atoms with van der Waals surface area (Å²) in [4.78, 5) is 1.57. The largest absolute Gasteiger partial charge is 0.466 e. The zero-order chi connectivity index (χ0) is 17.7. The maximum absolute atomic E-state index is 6.63. The van der Waals surface area contributed by atoms with Gasteiger partial charge in [0, 0.05) is 16.5 Å². The minimum Gasteiger partial charge on any atom is -0.466 e. The fourth-order valence-corrected chi connectivity index (χ4v) is 4.87. The second-order valence-corrected chi connectivity index (χ2v) is 8.58. The summed E-state index contributed by atoms with van der Waals surface area (Å²) in [6, 6.07) is 17.2. The van der Waals surface area contributed by atoms with Crippen LogP contribution in [0.5, 0.6) is 5.75 Å². The van der Waals surface area contributed by atoms with Crippen molar-refractivity contribution in [3.05, 3.63) is 64.1 Å². The van der Waals surface area contributed by atoms with Crippen molar-refractivity contribution in [3.8, 4) is 5.75 Å². The summed E-state index contributed by atoms with van der Waals surface area (Å²) in [5.41, 5.74) is 3.31. The van der Waals surface area contributed by atoms with E-state index in [-0.39, 0.29) is 11.8 Å². The molecular weight excluding hydrogens is 390 g/mol. The van der Waals surface area contributed by atoms with Crippen molar-refractivity contribution in [2.24, 2.45) is 5.10 Å². The number of ether oxygens (including phenoxy) is 1. The number of piperidine rings is 1. The number of hydrogen-bond acceptors (Lipinski definition) is 3. The third-order valence-electron chi connectivity index (χ3n) is 5.95. The van der Waals surface area contributed by atoms with E-state index in [0.29, 0.717) is 0 Å². The molecule has 2 aromatic carbocycles. The smallest absolute Gasteiger partial charge is 0.208 e. The van der Waals surface area contributed by atoms with Gasteiger partial charge in [0.2, 0.25) is 5.72 Å². The Hall–Kier alpha value is -1.85. The van der Waals surface area contributed by atoms with E-state index in [4.69, 9.17) is 9.84 Å². The maximum Gasteiger partial charge on any atom is 0.208 e. The number of benzene rings is 2. The Balaban J connectivity index is 1.58. The normalized spacial score (nSPS) is 29.8. The second-order valence-electron chi connectivity index (χ2n) is 7.66. The highest BCUT2D eigenvalue weighted by molar-refractivity contribution is 9.10. The first-order chi connectivity index (χ1) is 12.6.